The zero-order valence-corrected chi connectivity index (χ0v) is 7.22. The Morgan fingerprint density at radius 2 is 2.36 bits per heavy atom. The molecule has 1 N–H and O–H groups in total. The molecule has 1 heteroatoms. The molecule has 0 aromatic rings. The second-order valence-corrected chi connectivity index (χ2v) is 2.18. The van der Waals surface area contributed by atoms with E-state index in [1.807, 2.05) is 25.2 Å². The normalized spacial score (nSPS) is 11.5. The smallest absolute Gasteiger partial charge is 0.0850 e. The van der Waals surface area contributed by atoms with Gasteiger partial charge in [-0.05, 0) is 19.4 Å². The van der Waals surface area contributed by atoms with E-state index in [1.54, 1.807) is 0 Å². The average Bonchev–Trinajstić information content (AvgIpc) is 2.05. The van der Waals surface area contributed by atoms with E-state index >= 15 is 0 Å². The molecule has 0 aliphatic carbocycles. The molecule has 0 amide bonds. The predicted octanol–water partition coefficient (Wildman–Crippen LogP) is 2.08. The number of hydrogen-bond donors (Lipinski definition) is 1. The minimum atomic E-state index is 0.852. The number of nitrogens with one attached hydrogen (secondary N) is 1. The van der Waals surface area contributed by atoms with E-state index in [4.69, 9.17) is 6.42 Å². The molecular weight excluding hydrogens is 134 g/mol. The summed E-state index contributed by atoms with van der Waals surface area (Å²) in [5.74, 6) is 2.57. The van der Waals surface area contributed by atoms with Crippen LogP contribution >= 0.6 is 0 Å². The van der Waals surface area contributed by atoms with Crippen LogP contribution in [0.2, 0.25) is 0 Å². The van der Waals surface area contributed by atoms with Gasteiger partial charge in [0.25, 0.3) is 0 Å². The summed E-state index contributed by atoms with van der Waals surface area (Å²) in [6.45, 7) is 5.01. The van der Waals surface area contributed by atoms with Gasteiger partial charge < -0.3 is 5.32 Å². The van der Waals surface area contributed by atoms with Gasteiger partial charge in [-0.1, -0.05) is 25.0 Å². The van der Waals surface area contributed by atoms with Crippen LogP contribution in [0.5, 0.6) is 0 Å². The minimum absolute atomic E-state index is 0.852. The molecule has 0 aromatic carbocycles. The van der Waals surface area contributed by atoms with Crippen molar-refractivity contribution in [2.24, 2.45) is 0 Å². The molecule has 0 rings (SSSR count). The zero-order chi connectivity index (χ0) is 8.53. The molecule has 60 valence electrons. The highest BCUT2D eigenvalue weighted by molar-refractivity contribution is 5.27. The van der Waals surface area contributed by atoms with E-state index in [1.165, 1.54) is 0 Å². The fraction of sp³-hybridized carbons (Fsp3) is 0.400. The number of rotatable bonds is 4. The van der Waals surface area contributed by atoms with Crippen LogP contribution in [0.4, 0.5) is 0 Å². The van der Waals surface area contributed by atoms with Gasteiger partial charge in [-0.25, -0.2) is 0 Å². The molecule has 11 heavy (non-hydrogen) atoms. The summed E-state index contributed by atoms with van der Waals surface area (Å²) >= 11 is 0. The van der Waals surface area contributed by atoms with Crippen LogP contribution in [0.15, 0.2) is 23.9 Å². The summed E-state index contributed by atoms with van der Waals surface area (Å²) in [6.07, 6.45) is 12.1. The summed E-state index contributed by atoms with van der Waals surface area (Å²) in [7, 11) is 0. The number of hydrogen-bond acceptors (Lipinski definition) is 1. The molecule has 0 aromatic heterocycles. The van der Waals surface area contributed by atoms with E-state index in [2.05, 4.69) is 18.2 Å². The second-order valence-electron chi connectivity index (χ2n) is 2.18. The molecule has 0 unspecified atom stereocenters. The summed E-state index contributed by atoms with van der Waals surface area (Å²) < 4.78 is 0. The SMILES string of the molecule is C#C/C(=C\C=C/C)NCCC. The van der Waals surface area contributed by atoms with E-state index in [-0.39, 0.29) is 0 Å². The molecule has 0 heterocycles. The largest absolute Gasteiger partial charge is 0.378 e. The van der Waals surface area contributed by atoms with E-state index < -0.39 is 0 Å². The molecule has 0 aliphatic rings. The van der Waals surface area contributed by atoms with Gasteiger partial charge in [0.05, 0.1) is 5.70 Å². The van der Waals surface area contributed by atoms with Crippen molar-refractivity contribution < 1.29 is 0 Å². The van der Waals surface area contributed by atoms with Gasteiger partial charge in [0.2, 0.25) is 0 Å². The van der Waals surface area contributed by atoms with Crippen molar-refractivity contribution in [1.82, 2.24) is 5.32 Å². The van der Waals surface area contributed by atoms with E-state index in [0.717, 1.165) is 18.7 Å². The monoisotopic (exact) mass is 149 g/mol. The quantitative estimate of drug-likeness (QED) is 0.476. The summed E-state index contributed by atoms with van der Waals surface area (Å²) in [5, 5.41) is 3.13. The van der Waals surface area contributed by atoms with Crippen LogP contribution in [-0.4, -0.2) is 6.54 Å². The Bertz CT molecular complexity index is 182. The molecule has 0 saturated heterocycles. The fourth-order valence-corrected chi connectivity index (χ4v) is 0.610. The van der Waals surface area contributed by atoms with E-state index in [9.17, 15) is 0 Å². The van der Waals surface area contributed by atoms with Crippen LogP contribution < -0.4 is 5.32 Å². The van der Waals surface area contributed by atoms with Crippen molar-refractivity contribution in [1.29, 1.82) is 0 Å². The molecule has 0 spiro atoms. The first kappa shape index (κ1) is 9.84. The van der Waals surface area contributed by atoms with Crippen LogP contribution in [0, 0.1) is 12.3 Å². The zero-order valence-electron chi connectivity index (χ0n) is 7.22. The topological polar surface area (TPSA) is 12.0 Å². The average molecular weight is 149 g/mol. The Morgan fingerprint density at radius 1 is 1.64 bits per heavy atom. The van der Waals surface area contributed by atoms with Gasteiger partial charge >= 0.3 is 0 Å². The van der Waals surface area contributed by atoms with Crippen molar-refractivity contribution >= 4 is 0 Å². The van der Waals surface area contributed by atoms with Crippen molar-refractivity contribution in [2.45, 2.75) is 20.3 Å². The molecule has 0 bridgehead atoms. The first-order valence-electron chi connectivity index (χ1n) is 3.88. The summed E-state index contributed by atoms with van der Waals surface area (Å²) in [6, 6.07) is 0. The van der Waals surface area contributed by atoms with Crippen LogP contribution in [0.3, 0.4) is 0 Å². The van der Waals surface area contributed by atoms with Crippen LogP contribution in [0.25, 0.3) is 0 Å². The molecule has 0 fully saturated rings. The van der Waals surface area contributed by atoms with Crippen molar-refractivity contribution in [3.63, 3.8) is 0 Å². The molecule has 0 saturated carbocycles. The van der Waals surface area contributed by atoms with Gasteiger partial charge in [0, 0.05) is 6.54 Å². The first-order chi connectivity index (χ1) is 5.35. The van der Waals surface area contributed by atoms with E-state index in [0.29, 0.717) is 0 Å². The lowest BCUT2D eigenvalue weighted by Crippen LogP contribution is -2.12. The maximum atomic E-state index is 5.24. The maximum Gasteiger partial charge on any atom is 0.0850 e. The molecule has 0 atom stereocenters. The molecule has 0 radical (unpaired) electrons. The van der Waals surface area contributed by atoms with Crippen molar-refractivity contribution in [3.05, 3.63) is 23.9 Å². The standard InChI is InChI=1S/C10H15N/c1-4-7-8-10(6-3)11-9-5-2/h3-4,7-8,11H,5,9H2,1-2H3/b7-4-,10-8+. The molecule has 0 aliphatic heterocycles. The second kappa shape index (κ2) is 6.95. The van der Waals surface area contributed by atoms with Gasteiger partial charge in [-0.2, -0.15) is 0 Å². The van der Waals surface area contributed by atoms with Gasteiger partial charge in [-0.15, -0.1) is 6.42 Å². The Labute approximate surface area is 69.2 Å². The highest BCUT2D eigenvalue weighted by Crippen LogP contribution is 1.87. The number of terminal acetylenes is 1. The minimum Gasteiger partial charge on any atom is -0.378 e. The Morgan fingerprint density at radius 3 is 2.82 bits per heavy atom. The Kier molecular flexibility index (Phi) is 6.22. The predicted molar refractivity (Wildman–Crippen MR) is 50.0 cm³/mol. The third-order valence-corrected chi connectivity index (χ3v) is 1.18. The van der Waals surface area contributed by atoms with Gasteiger partial charge in [0.15, 0.2) is 0 Å². The highest BCUT2D eigenvalue weighted by Gasteiger charge is 1.85. The van der Waals surface area contributed by atoms with Crippen molar-refractivity contribution in [2.75, 3.05) is 6.54 Å². The lowest BCUT2D eigenvalue weighted by molar-refractivity contribution is 0.789. The Hall–Kier alpha value is -1.16. The first-order valence-corrected chi connectivity index (χ1v) is 3.88. The summed E-state index contributed by atoms with van der Waals surface area (Å²) in [5.41, 5.74) is 0.852. The lowest BCUT2D eigenvalue weighted by Gasteiger charge is -2.00. The van der Waals surface area contributed by atoms with Crippen LogP contribution in [0.1, 0.15) is 20.3 Å². The van der Waals surface area contributed by atoms with Crippen molar-refractivity contribution in [3.8, 4) is 12.3 Å². The lowest BCUT2D eigenvalue weighted by atomic mass is 10.3. The third kappa shape index (κ3) is 5.29. The van der Waals surface area contributed by atoms with Gasteiger partial charge in [-0.3, -0.25) is 0 Å². The molecular formula is C10H15N. The molecule has 1 nitrogen and oxygen atoms in total. The Balaban J connectivity index is 3.87. The third-order valence-electron chi connectivity index (χ3n) is 1.18. The van der Waals surface area contributed by atoms with Gasteiger partial charge in [0.1, 0.15) is 0 Å². The highest BCUT2D eigenvalue weighted by atomic mass is 14.9. The van der Waals surface area contributed by atoms with Crippen LogP contribution in [-0.2, 0) is 0 Å². The number of allylic oxidation sites excluding steroid dienone is 4. The summed E-state index contributed by atoms with van der Waals surface area (Å²) in [4.78, 5) is 0. The fourth-order valence-electron chi connectivity index (χ4n) is 0.610. The maximum absolute atomic E-state index is 5.24.